The number of nitrogens with one attached hydrogen (secondary N) is 2. The molecule has 90 valence electrons. The predicted octanol–water partition coefficient (Wildman–Crippen LogP) is 0.918. The van der Waals surface area contributed by atoms with Crippen molar-refractivity contribution in [3.05, 3.63) is 27.0 Å². The zero-order valence-corrected chi connectivity index (χ0v) is 9.40. The van der Waals surface area contributed by atoms with Crippen LogP contribution in [0.15, 0.2) is 15.8 Å². The summed E-state index contributed by atoms with van der Waals surface area (Å²) in [4.78, 5) is 27.7. The first kappa shape index (κ1) is 10.3. The summed E-state index contributed by atoms with van der Waals surface area (Å²) in [5.74, 6) is 0. The van der Waals surface area contributed by atoms with Crippen molar-refractivity contribution in [1.29, 1.82) is 0 Å². The Labute approximate surface area is 96.7 Å². The summed E-state index contributed by atoms with van der Waals surface area (Å²) in [7, 11) is 0. The third kappa shape index (κ3) is 1.69. The molecule has 6 heteroatoms. The Morgan fingerprint density at radius 3 is 2.71 bits per heavy atom. The van der Waals surface area contributed by atoms with Gasteiger partial charge in [0.2, 0.25) is 0 Å². The molecule has 0 atom stereocenters. The normalized spacial score (nSPS) is 17.6. The maximum absolute atomic E-state index is 11.6. The van der Waals surface area contributed by atoms with Gasteiger partial charge in [-0.15, -0.1) is 0 Å². The van der Waals surface area contributed by atoms with Gasteiger partial charge in [0.25, 0.3) is 5.56 Å². The highest BCUT2D eigenvalue weighted by atomic mass is 16.2. The van der Waals surface area contributed by atoms with E-state index in [0.717, 1.165) is 12.8 Å². The molecule has 1 aliphatic carbocycles. The van der Waals surface area contributed by atoms with Gasteiger partial charge >= 0.3 is 5.69 Å². The van der Waals surface area contributed by atoms with Crippen LogP contribution in [0.1, 0.15) is 38.1 Å². The summed E-state index contributed by atoms with van der Waals surface area (Å²) in [6.07, 6.45) is 7.27. The van der Waals surface area contributed by atoms with Crippen LogP contribution >= 0.6 is 0 Å². The molecule has 0 aromatic carbocycles. The van der Waals surface area contributed by atoms with E-state index in [2.05, 4.69) is 15.1 Å². The molecule has 1 saturated carbocycles. The first-order valence-corrected chi connectivity index (χ1v) is 5.95. The van der Waals surface area contributed by atoms with Gasteiger partial charge in [-0.2, -0.15) is 5.10 Å². The Morgan fingerprint density at radius 2 is 1.94 bits per heavy atom. The van der Waals surface area contributed by atoms with Gasteiger partial charge in [0.1, 0.15) is 11.0 Å². The van der Waals surface area contributed by atoms with Gasteiger partial charge in [-0.25, -0.2) is 9.48 Å². The summed E-state index contributed by atoms with van der Waals surface area (Å²) in [6, 6.07) is 0.304. The van der Waals surface area contributed by atoms with Gasteiger partial charge in [-0.1, -0.05) is 19.3 Å². The van der Waals surface area contributed by atoms with Crippen molar-refractivity contribution < 1.29 is 0 Å². The lowest BCUT2D eigenvalue weighted by Gasteiger charge is -2.22. The first-order valence-electron chi connectivity index (χ1n) is 5.95. The number of nitrogens with zero attached hydrogens (tertiary/aromatic N) is 2. The highest BCUT2D eigenvalue weighted by Crippen LogP contribution is 2.28. The van der Waals surface area contributed by atoms with Crippen molar-refractivity contribution in [3.8, 4) is 0 Å². The molecule has 1 fully saturated rings. The largest absolute Gasteiger partial charge is 0.327 e. The molecule has 1 aliphatic rings. The number of aromatic nitrogens is 4. The van der Waals surface area contributed by atoms with E-state index >= 15 is 0 Å². The standard InChI is InChI=1S/C11H14N4O2/c16-10-8-6-12-15(7-4-2-1-3-5-7)9(8)13-11(17)14-10/h6-7H,1-5H2,(H2,13,14,16,17). The van der Waals surface area contributed by atoms with Crippen molar-refractivity contribution in [2.24, 2.45) is 0 Å². The van der Waals surface area contributed by atoms with Crippen LogP contribution in [0, 0.1) is 0 Å². The van der Waals surface area contributed by atoms with Crippen LogP contribution in [0.25, 0.3) is 11.0 Å². The molecular formula is C11H14N4O2. The van der Waals surface area contributed by atoms with Gasteiger partial charge in [0, 0.05) is 0 Å². The lowest BCUT2D eigenvalue weighted by Crippen LogP contribution is -2.23. The van der Waals surface area contributed by atoms with Crippen LogP contribution in [0.3, 0.4) is 0 Å². The van der Waals surface area contributed by atoms with Crippen molar-refractivity contribution in [2.45, 2.75) is 38.1 Å². The maximum atomic E-state index is 11.6. The van der Waals surface area contributed by atoms with Crippen LogP contribution in [0.2, 0.25) is 0 Å². The third-order valence-corrected chi connectivity index (χ3v) is 3.42. The first-order chi connectivity index (χ1) is 8.25. The molecule has 0 bridgehead atoms. The minimum atomic E-state index is -0.472. The highest BCUT2D eigenvalue weighted by molar-refractivity contribution is 5.72. The number of hydrogen-bond donors (Lipinski definition) is 2. The predicted molar refractivity (Wildman–Crippen MR) is 63.1 cm³/mol. The monoisotopic (exact) mass is 234 g/mol. The van der Waals surface area contributed by atoms with Crippen LogP contribution in [0.4, 0.5) is 0 Å². The Kier molecular flexibility index (Phi) is 2.35. The molecule has 2 N–H and O–H groups in total. The number of rotatable bonds is 1. The molecule has 0 unspecified atom stereocenters. The van der Waals surface area contributed by atoms with Gasteiger partial charge in [-0.05, 0) is 12.8 Å². The zero-order valence-electron chi connectivity index (χ0n) is 9.40. The topological polar surface area (TPSA) is 83.5 Å². The Morgan fingerprint density at radius 1 is 1.18 bits per heavy atom. The second-order valence-electron chi connectivity index (χ2n) is 4.55. The van der Waals surface area contributed by atoms with Gasteiger partial charge in [-0.3, -0.25) is 14.8 Å². The average Bonchev–Trinajstić information content (AvgIpc) is 2.74. The fourth-order valence-corrected chi connectivity index (χ4v) is 2.56. The minimum absolute atomic E-state index is 0.304. The molecule has 17 heavy (non-hydrogen) atoms. The number of H-pyrrole nitrogens is 2. The van der Waals surface area contributed by atoms with Crippen molar-refractivity contribution >= 4 is 11.0 Å². The lowest BCUT2D eigenvalue weighted by atomic mass is 9.96. The molecular weight excluding hydrogens is 220 g/mol. The van der Waals surface area contributed by atoms with E-state index in [-0.39, 0.29) is 5.56 Å². The molecule has 6 nitrogen and oxygen atoms in total. The van der Waals surface area contributed by atoms with Gasteiger partial charge in [0.05, 0.1) is 12.2 Å². The molecule has 0 spiro atoms. The fraction of sp³-hybridized carbons (Fsp3) is 0.545. The van der Waals surface area contributed by atoms with Gasteiger partial charge in [0.15, 0.2) is 0 Å². The smallest absolute Gasteiger partial charge is 0.292 e. The van der Waals surface area contributed by atoms with Crippen molar-refractivity contribution in [3.63, 3.8) is 0 Å². The highest BCUT2D eigenvalue weighted by Gasteiger charge is 2.19. The summed E-state index contributed by atoms with van der Waals surface area (Å²) in [5, 5.41) is 4.70. The van der Waals surface area contributed by atoms with Crippen molar-refractivity contribution in [2.75, 3.05) is 0 Å². The number of aromatic amines is 2. The maximum Gasteiger partial charge on any atom is 0.327 e. The molecule has 2 aromatic heterocycles. The van der Waals surface area contributed by atoms with Crippen LogP contribution in [-0.2, 0) is 0 Å². The second-order valence-corrected chi connectivity index (χ2v) is 4.55. The number of fused-ring (bicyclic) bond motifs is 1. The molecule has 3 rings (SSSR count). The summed E-state index contributed by atoms with van der Waals surface area (Å²) < 4.78 is 1.80. The lowest BCUT2D eigenvalue weighted by molar-refractivity contribution is 0.335. The van der Waals surface area contributed by atoms with Crippen LogP contribution < -0.4 is 11.2 Å². The SMILES string of the molecule is O=c1[nH]c(=O)c2cnn(C3CCCCC3)c2[nH]1. The molecule has 0 saturated heterocycles. The van der Waals surface area contributed by atoms with Crippen LogP contribution in [0.5, 0.6) is 0 Å². The van der Waals surface area contributed by atoms with Gasteiger partial charge < -0.3 is 0 Å². The molecule has 2 aromatic rings. The van der Waals surface area contributed by atoms with Crippen molar-refractivity contribution in [1.82, 2.24) is 19.7 Å². The van der Waals surface area contributed by atoms with E-state index in [9.17, 15) is 9.59 Å². The summed E-state index contributed by atoms with van der Waals surface area (Å²) >= 11 is 0. The minimum Gasteiger partial charge on any atom is -0.292 e. The average molecular weight is 234 g/mol. The summed E-state index contributed by atoms with van der Waals surface area (Å²) in [6.45, 7) is 0. The van der Waals surface area contributed by atoms with E-state index < -0.39 is 5.69 Å². The van der Waals surface area contributed by atoms with E-state index in [1.54, 1.807) is 4.68 Å². The van der Waals surface area contributed by atoms with E-state index in [0.29, 0.717) is 17.1 Å². The third-order valence-electron chi connectivity index (χ3n) is 3.42. The van der Waals surface area contributed by atoms with E-state index in [1.165, 1.54) is 25.5 Å². The molecule has 0 amide bonds. The fourth-order valence-electron chi connectivity index (χ4n) is 2.56. The summed E-state index contributed by atoms with van der Waals surface area (Å²) in [5.41, 5.74) is -0.295. The molecule has 2 heterocycles. The van der Waals surface area contributed by atoms with E-state index in [1.807, 2.05) is 0 Å². The second kappa shape index (κ2) is 3.87. The van der Waals surface area contributed by atoms with E-state index in [4.69, 9.17) is 0 Å². The number of hydrogen-bond acceptors (Lipinski definition) is 3. The Balaban J connectivity index is 2.17. The molecule has 0 aliphatic heterocycles. The molecule has 0 radical (unpaired) electrons. The quantitative estimate of drug-likeness (QED) is 0.769. The Hall–Kier alpha value is -1.85. The van der Waals surface area contributed by atoms with Crippen LogP contribution in [-0.4, -0.2) is 19.7 Å². The zero-order chi connectivity index (χ0) is 11.8. The Bertz CT molecular complexity index is 645.